The van der Waals surface area contributed by atoms with Gasteiger partial charge in [-0.25, -0.2) is 0 Å². The monoisotopic (exact) mass is 212 g/mol. The van der Waals surface area contributed by atoms with Crippen molar-refractivity contribution in [2.24, 2.45) is 0 Å². The average molecular weight is 212 g/mol. The maximum atomic E-state index is 10.9. The first-order chi connectivity index (χ1) is 7.31. The standard InChI is InChI=1S/C13H24O2/c1-3-5-6-7-8-9-10-11-12-13(14)15-4-2/h10-11H,3-9,12H2,1-2H3. The number of hydrogen-bond acceptors (Lipinski definition) is 2. The molecule has 0 rings (SSSR count). The summed E-state index contributed by atoms with van der Waals surface area (Å²) in [5.41, 5.74) is 0. The molecule has 2 heteroatoms. The Balaban J connectivity index is 3.20. The summed E-state index contributed by atoms with van der Waals surface area (Å²) in [5.74, 6) is -0.125. The summed E-state index contributed by atoms with van der Waals surface area (Å²) in [5, 5.41) is 0. The molecule has 0 aliphatic heterocycles. The Morgan fingerprint density at radius 1 is 1.07 bits per heavy atom. The minimum Gasteiger partial charge on any atom is -0.466 e. The van der Waals surface area contributed by atoms with Gasteiger partial charge in [0.25, 0.3) is 0 Å². The van der Waals surface area contributed by atoms with Gasteiger partial charge in [0, 0.05) is 0 Å². The minimum atomic E-state index is -0.125. The average Bonchev–Trinajstić information content (AvgIpc) is 2.22. The zero-order valence-electron chi connectivity index (χ0n) is 10.1. The van der Waals surface area contributed by atoms with Crippen LogP contribution in [0.4, 0.5) is 0 Å². The van der Waals surface area contributed by atoms with Crippen LogP contribution >= 0.6 is 0 Å². The predicted octanol–water partition coefficient (Wildman–Crippen LogP) is 3.86. The van der Waals surface area contributed by atoms with E-state index in [4.69, 9.17) is 4.74 Å². The summed E-state index contributed by atoms with van der Waals surface area (Å²) in [6.45, 7) is 4.53. The van der Waals surface area contributed by atoms with Crippen molar-refractivity contribution in [3.8, 4) is 0 Å². The summed E-state index contributed by atoms with van der Waals surface area (Å²) >= 11 is 0. The van der Waals surface area contributed by atoms with Gasteiger partial charge in [-0.05, 0) is 19.8 Å². The van der Waals surface area contributed by atoms with Crippen molar-refractivity contribution < 1.29 is 9.53 Å². The van der Waals surface area contributed by atoms with E-state index in [1.54, 1.807) is 0 Å². The quantitative estimate of drug-likeness (QED) is 0.329. The van der Waals surface area contributed by atoms with E-state index < -0.39 is 0 Å². The number of ether oxygens (including phenoxy) is 1. The van der Waals surface area contributed by atoms with Crippen LogP contribution < -0.4 is 0 Å². The zero-order chi connectivity index (χ0) is 11.4. The molecular formula is C13H24O2. The Morgan fingerprint density at radius 3 is 2.47 bits per heavy atom. The van der Waals surface area contributed by atoms with E-state index in [0.717, 1.165) is 6.42 Å². The second-order valence-corrected chi connectivity index (χ2v) is 3.68. The Kier molecular flexibility index (Phi) is 10.7. The number of rotatable bonds is 9. The molecule has 0 aromatic carbocycles. The van der Waals surface area contributed by atoms with Crippen molar-refractivity contribution in [1.82, 2.24) is 0 Å². The molecule has 0 aromatic heterocycles. The van der Waals surface area contributed by atoms with Crippen molar-refractivity contribution in [3.63, 3.8) is 0 Å². The van der Waals surface area contributed by atoms with Crippen LogP contribution in [0.5, 0.6) is 0 Å². The number of hydrogen-bond donors (Lipinski definition) is 0. The van der Waals surface area contributed by atoms with Crippen LogP contribution in [0, 0.1) is 0 Å². The van der Waals surface area contributed by atoms with Gasteiger partial charge >= 0.3 is 5.97 Å². The molecule has 0 fully saturated rings. The van der Waals surface area contributed by atoms with Crippen molar-refractivity contribution in [1.29, 1.82) is 0 Å². The van der Waals surface area contributed by atoms with Crippen molar-refractivity contribution in [2.75, 3.05) is 6.61 Å². The zero-order valence-corrected chi connectivity index (χ0v) is 10.1. The minimum absolute atomic E-state index is 0.125. The van der Waals surface area contributed by atoms with Gasteiger partial charge in [0.15, 0.2) is 0 Å². The lowest BCUT2D eigenvalue weighted by Gasteiger charge is -1.97. The second-order valence-electron chi connectivity index (χ2n) is 3.68. The fourth-order valence-electron chi connectivity index (χ4n) is 1.38. The Hall–Kier alpha value is -0.790. The third-order valence-corrected chi connectivity index (χ3v) is 2.23. The molecule has 0 N–H and O–H groups in total. The number of allylic oxidation sites excluding steroid dienone is 1. The van der Waals surface area contributed by atoms with Gasteiger partial charge in [-0.3, -0.25) is 4.79 Å². The first kappa shape index (κ1) is 14.2. The maximum absolute atomic E-state index is 10.9. The summed E-state index contributed by atoms with van der Waals surface area (Å²) in [4.78, 5) is 10.9. The molecule has 0 amide bonds. The number of carbonyl (C=O) groups is 1. The normalized spacial score (nSPS) is 10.8. The lowest BCUT2D eigenvalue weighted by molar-refractivity contribution is -0.142. The molecule has 0 aromatic rings. The van der Waals surface area contributed by atoms with Gasteiger partial charge in [0.05, 0.1) is 13.0 Å². The van der Waals surface area contributed by atoms with Crippen molar-refractivity contribution in [3.05, 3.63) is 12.2 Å². The fourth-order valence-corrected chi connectivity index (χ4v) is 1.38. The molecular weight excluding hydrogens is 188 g/mol. The topological polar surface area (TPSA) is 26.3 Å². The molecule has 0 aliphatic carbocycles. The van der Waals surface area contributed by atoms with Gasteiger partial charge in [0.2, 0.25) is 0 Å². The molecule has 0 heterocycles. The van der Waals surface area contributed by atoms with Crippen molar-refractivity contribution >= 4 is 5.97 Å². The van der Waals surface area contributed by atoms with Crippen LogP contribution in [-0.2, 0) is 9.53 Å². The van der Waals surface area contributed by atoms with Gasteiger partial charge in [0.1, 0.15) is 0 Å². The summed E-state index contributed by atoms with van der Waals surface area (Å²) < 4.78 is 4.81. The fraction of sp³-hybridized carbons (Fsp3) is 0.769. The molecule has 0 saturated heterocycles. The summed E-state index contributed by atoms with van der Waals surface area (Å²) in [6, 6.07) is 0. The lowest BCUT2D eigenvalue weighted by Crippen LogP contribution is -2.01. The molecule has 0 spiro atoms. The summed E-state index contributed by atoms with van der Waals surface area (Å²) in [7, 11) is 0. The lowest BCUT2D eigenvalue weighted by atomic mass is 10.1. The predicted molar refractivity (Wildman–Crippen MR) is 63.8 cm³/mol. The van der Waals surface area contributed by atoms with E-state index in [2.05, 4.69) is 13.0 Å². The van der Waals surface area contributed by atoms with Gasteiger partial charge in [-0.1, -0.05) is 44.8 Å². The molecule has 0 aliphatic rings. The van der Waals surface area contributed by atoms with Crippen LogP contribution in [0.1, 0.15) is 58.8 Å². The molecule has 0 bridgehead atoms. The van der Waals surface area contributed by atoms with E-state index >= 15 is 0 Å². The summed E-state index contributed by atoms with van der Waals surface area (Å²) in [6.07, 6.45) is 12.0. The Bertz CT molecular complexity index is 173. The smallest absolute Gasteiger partial charge is 0.309 e. The highest BCUT2D eigenvalue weighted by Crippen LogP contribution is 2.05. The molecule has 0 saturated carbocycles. The van der Waals surface area contributed by atoms with Crippen LogP contribution in [-0.4, -0.2) is 12.6 Å². The van der Waals surface area contributed by atoms with E-state index in [-0.39, 0.29) is 5.97 Å². The largest absolute Gasteiger partial charge is 0.466 e. The van der Waals surface area contributed by atoms with Crippen molar-refractivity contribution in [2.45, 2.75) is 58.8 Å². The highest BCUT2D eigenvalue weighted by molar-refractivity contribution is 5.71. The second kappa shape index (κ2) is 11.3. The first-order valence-electron chi connectivity index (χ1n) is 6.11. The van der Waals surface area contributed by atoms with Gasteiger partial charge in [-0.15, -0.1) is 0 Å². The third-order valence-electron chi connectivity index (χ3n) is 2.23. The van der Waals surface area contributed by atoms with E-state index in [1.165, 1.54) is 32.1 Å². The third kappa shape index (κ3) is 11.1. The number of carbonyl (C=O) groups excluding carboxylic acids is 1. The molecule has 0 radical (unpaired) electrons. The van der Waals surface area contributed by atoms with E-state index in [1.807, 2.05) is 13.0 Å². The molecule has 2 nitrogen and oxygen atoms in total. The van der Waals surface area contributed by atoms with Crippen LogP contribution in [0.25, 0.3) is 0 Å². The SMILES string of the molecule is CCCCCCCC=CCC(=O)OCC. The Labute approximate surface area is 93.7 Å². The molecule has 0 atom stereocenters. The highest BCUT2D eigenvalue weighted by atomic mass is 16.5. The Morgan fingerprint density at radius 2 is 1.80 bits per heavy atom. The molecule has 15 heavy (non-hydrogen) atoms. The number of unbranched alkanes of at least 4 members (excludes halogenated alkanes) is 5. The molecule has 0 unspecified atom stereocenters. The highest BCUT2D eigenvalue weighted by Gasteiger charge is 1.95. The number of esters is 1. The van der Waals surface area contributed by atoms with Crippen LogP contribution in [0.2, 0.25) is 0 Å². The maximum Gasteiger partial charge on any atom is 0.309 e. The van der Waals surface area contributed by atoms with Crippen LogP contribution in [0.3, 0.4) is 0 Å². The molecule has 88 valence electrons. The van der Waals surface area contributed by atoms with Gasteiger partial charge in [-0.2, -0.15) is 0 Å². The van der Waals surface area contributed by atoms with E-state index in [9.17, 15) is 4.79 Å². The van der Waals surface area contributed by atoms with Crippen LogP contribution in [0.15, 0.2) is 12.2 Å². The van der Waals surface area contributed by atoms with Gasteiger partial charge < -0.3 is 4.74 Å². The van der Waals surface area contributed by atoms with E-state index in [0.29, 0.717) is 13.0 Å². The first-order valence-corrected chi connectivity index (χ1v) is 6.11.